The number of carbonyl (C=O) groups is 3. The first kappa shape index (κ1) is 17.3. The van der Waals surface area contributed by atoms with Crippen LogP contribution in [0.3, 0.4) is 0 Å². The largest absolute Gasteiger partial charge is 0.460 e. The molecule has 2 atom stereocenters. The molecule has 0 bridgehead atoms. The Bertz CT molecular complexity index is 640. The number of piperidine rings is 1. The lowest BCUT2D eigenvalue weighted by atomic mass is 9.97. The van der Waals surface area contributed by atoms with E-state index >= 15 is 0 Å². The van der Waals surface area contributed by atoms with Gasteiger partial charge in [-0.05, 0) is 31.9 Å². The summed E-state index contributed by atoms with van der Waals surface area (Å²) < 4.78 is 10.3. The number of cyclic esters (lactones) is 1. The summed E-state index contributed by atoms with van der Waals surface area (Å²) in [6, 6.07) is 9.06. The lowest BCUT2D eigenvalue weighted by Gasteiger charge is -2.31. The van der Waals surface area contributed by atoms with Crippen molar-refractivity contribution in [1.82, 2.24) is 4.90 Å². The van der Waals surface area contributed by atoms with Crippen LogP contribution in [0.2, 0.25) is 0 Å². The Hall–Kier alpha value is -2.57. The van der Waals surface area contributed by atoms with E-state index in [0.29, 0.717) is 32.4 Å². The fourth-order valence-electron chi connectivity index (χ4n) is 3.09. The molecule has 2 amide bonds. The molecule has 134 valence electrons. The molecule has 1 N–H and O–H groups in total. The summed E-state index contributed by atoms with van der Waals surface area (Å²) in [5.74, 6) is -1.14. The topological polar surface area (TPSA) is 84.9 Å². The molecule has 2 fully saturated rings. The molecule has 0 radical (unpaired) electrons. The molecule has 0 saturated carbocycles. The first-order valence-corrected chi connectivity index (χ1v) is 8.55. The highest BCUT2D eigenvalue weighted by molar-refractivity contribution is 5.89. The first-order chi connectivity index (χ1) is 12.0. The van der Waals surface area contributed by atoms with Crippen molar-refractivity contribution in [2.45, 2.75) is 38.4 Å². The third-order valence-electron chi connectivity index (χ3n) is 4.53. The number of hydrogen-bond acceptors (Lipinski definition) is 5. The predicted octanol–water partition coefficient (Wildman–Crippen LogP) is 2.18. The van der Waals surface area contributed by atoms with Crippen LogP contribution in [-0.2, 0) is 19.1 Å². The second-order valence-electron chi connectivity index (χ2n) is 6.47. The van der Waals surface area contributed by atoms with Crippen molar-refractivity contribution in [2.75, 3.05) is 18.4 Å². The molecule has 7 heteroatoms. The molecule has 2 heterocycles. The first-order valence-electron chi connectivity index (χ1n) is 8.55. The van der Waals surface area contributed by atoms with E-state index in [1.54, 1.807) is 11.8 Å². The van der Waals surface area contributed by atoms with Gasteiger partial charge in [-0.3, -0.25) is 4.79 Å². The van der Waals surface area contributed by atoms with Crippen LogP contribution in [0.4, 0.5) is 10.5 Å². The minimum absolute atomic E-state index is 0.175. The van der Waals surface area contributed by atoms with E-state index in [-0.39, 0.29) is 24.0 Å². The molecular weight excluding hydrogens is 324 g/mol. The standard InChI is InChI=1S/C18H22N2O5/c1-12-11-15(17(22)24-12)25-16(21)13-7-9-20(10-8-13)18(23)19-14-5-3-2-4-6-14/h2-6,12-13,15H,7-11H2,1H3,(H,19,23). The van der Waals surface area contributed by atoms with Gasteiger partial charge >= 0.3 is 18.0 Å². The van der Waals surface area contributed by atoms with E-state index in [4.69, 9.17) is 9.47 Å². The molecule has 3 rings (SSSR count). The molecule has 2 saturated heterocycles. The molecule has 2 aliphatic rings. The van der Waals surface area contributed by atoms with Crippen LogP contribution in [0.25, 0.3) is 0 Å². The number of nitrogens with one attached hydrogen (secondary N) is 1. The van der Waals surface area contributed by atoms with E-state index in [1.165, 1.54) is 0 Å². The second-order valence-corrected chi connectivity index (χ2v) is 6.47. The number of hydrogen-bond donors (Lipinski definition) is 1. The number of amides is 2. The van der Waals surface area contributed by atoms with E-state index in [0.717, 1.165) is 5.69 Å². The Morgan fingerprint density at radius 2 is 1.88 bits per heavy atom. The zero-order valence-electron chi connectivity index (χ0n) is 14.1. The highest BCUT2D eigenvalue weighted by atomic mass is 16.6. The molecular formula is C18H22N2O5. The normalized spacial score (nSPS) is 23.9. The van der Waals surface area contributed by atoms with Crippen molar-refractivity contribution >= 4 is 23.7 Å². The van der Waals surface area contributed by atoms with E-state index in [2.05, 4.69) is 5.32 Å². The van der Waals surface area contributed by atoms with Crippen molar-refractivity contribution in [2.24, 2.45) is 5.92 Å². The van der Waals surface area contributed by atoms with Gasteiger partial charge in [0.1, 0.15) is 6.10 Å². The summed E-state index contributed by atoms with van der Waals surface area (Å²) in [4.78, 5) is 37.7. The quantitative estimate of drug-likeness (QED) is 0.848. The number of urea groups is 1. The lowest BCUT2D eigenvalue weighted by Crippen LogP contribution is -2.43. The van der Waals surface area contributed by atoms with Gasteiger partial charge in [0.25, 0.3) is 0 Å². The third kappa shape index (κ3) is 4.29. The minimum atomic E-state index is -0.790. The maximum Gasteiger partial charge on any atom is 0.347 e. The number of carbonyl (C=O) groups excluding carboxylic acids is 3. The van der Waals surface area contributed by atoms with Gasteiger partial charge in [0, 0.05) is 25.2 Å². The lowest BCUT2D eigenvalue weighted by molar-refractivity contribution is -0.164. The summed E-state index contributed by atoms with van der Waals surface area (Å²) >= 11 is 0. The number of likely N-dealkylation sites (tertiary alicyclic amines) is 1. The van der Waals surface area contributed by atoms with Crippen molar-refractivity contribution in [3.63, 3.8) is 0 Å². The number of para-hydroxylation sites is 1. The fourth-order valence-corrected chi connectivity index (χ4v) is 3.09. The summed E-state index contributed by atoms with van der Waals surface area (Å²) in [6.07, 6.45) is 0.454. The molecule has 0 aliphatic carbocycles. The smallest absolute Gasteiger partial charge is 0.347 e. The second kappa shape index (κ2) is 7.55. The Morgan fingerprint density at radius 1 is 1.20 bits per heavy atom. The van der Waals surface area contributed by atoms with Gasteiger partial charge in [-0.15, -0.1) is 0 Å². The van der Waals surface area contributed by atoms with Crippen molar-refractivity contribution in [3.8, 4) is 0 Å². The summed E-state index contributed by atoms with van der Waals surface area (Å²) in [6.45, 7) is 2.73. The molecule has 1 aromatic carbocycles. The SMILES string of the molecule is CC1CC(OC(=O)C2CCN(C(=O)Nc3ccccc3)CC2)C(=O)O1. The van der Waals surface area contributed by atoms with E-state index in [1.807, 2.05) is 30.3 Å². The molecule has 2 unspecified atom stereocenters. The Balaban J connectivity index is 1.46. The molecule has 7 nitrogen and oxygen atoms in total. The highest BCUT2D eigenvalue weighted by Gasteiger charge is 2.37. The van der Waals surface area contributed by atoms with Crippen LogP contribution in [0.15, 0.2) is 30.3 Å². The average Bonchev–Trinajstić information content (AvgIpc) is 2.93. The third-order valence-corrected chi connectivity index (χ3v) is 4.53. The Kier molecular flexibility index (Phi) is 5.21. The predicted molar refractivity (Wildman–Crippen MR) is 89.8 cm³/mol. The maximum absolute atomic E-state index is 12.2. The monoisotopic (exact) mass is 346 g/mol. The zero-order valence-corrected chi connectivity index (χ0v) is 14.1. The summed E-state index contributed by atoms with van der Waals surface area (Å²) in [5.41, 5.74) is 0.739. The molecule has 0 aromatic heterocycles. The van der Waals surface area contributed by atoms with Gasteiger partial charge in [0.05, 0.1) is 5.92 Å². The van der Waals surface area contributed by atoms with Crippen LogP contribution >= 0.6 is 0 Å². The van der Waals surface area contributed by atoms with Gasteiger partial charge in [-0.1, -0.05) is 18.2 Å². The van der Waals surface area contributed by atoms with Crippen LogP contribution < -0.4 is 5.32 Å². The van der Waals surface area contributed by atoms with Crippen molar-refractivity contribution in [1.29, 1.82) is 0 Å². The van der Waals surface area contributed by atoms with Gasteiger partial charge in [0.15, 0.2) is 0 Å². The van der Waals surface area contributed by atoms with Crippen LogP contribution in [0.1, 0.15) is 26.2 Å². The molecule has 0 spiro atoms. The van der Waals surface area contributed by atoms with Crippen molar-refractivity contribution < 1.29 is 23.9 Å². The van der Waals surface area contributed by atoms with Gasteiger partial charge < -0.3 is 19.7 Å². The minimum Gasteiger partial charge on any atom is -0.460 e. The number of nitrogens with zero attached hydrogens (tertiary/aromatic N) is 1. The molecule has 25 heavy (non-hydrogen) atoms. The van der Waals surface area contributed by atoms with Crippen LogP contribution in [0.5, 0.6) is 0 Å². The Labute approximate surface area is 146 Å². The molecule has 1 aromatic rings. The molecule has 2 aliphatic heterocycles. The van der Waals surface area contributed by atoms with Crippen LogP contribution in [0, 0.1) is 5.92 Å². The number of benzene rings is 1. The number of esters is 2. The van der Waals surface area contributed by atoms with Gasteiger partial charge in [-0.25, -0.2) is 9.59 Å². The van der Waals surface area contributed by atoms with E-state index in [9.17, 15) is 14.4 Å². The Morgan fingerprint density at radius 3 is 2.48 bits per heavy atom. The maximum atomic E-state index is 12.2. The van der Waals surface area contributed by atoms with Crippen molar-refractivity contribution in [3.05, 3.63) is 30.3 Å². The number of rotatable bonds is 3. The van der Waals surface area contributed by atoms with E-state index < -0.39 is 12.1 Å². The number of ether oxygens (including phenoxy) is 2. The zero-order chi connectivity index (χ0) is 17.8. The summed E-state index contributed by atoms with van der Waals surface area (Å²) in [7, 11) is 0. The average molecular weight is 346 g/mol. The number of anilines is 1. The summed E-state index contributed by atoms with van der Waals surface area (Å²) in [5, 5.41) is 2.83. The fraction of sp³-hybridized carbons (Fsp3) is 0.500. The highest BCUT2D eigenvalue weighted by Crippen LogP contribution is 2.23. The van der Waals surface area contributed by atoms with Gasteiger partial charge in [0.2, 0.25) is 6.10 Å². The van der Waals surface area contributed by atoms with Gasteiger partial charge in [-0.2, -0.15) is 0 Å². The van der Waals surface area contributed by atoms with Crippen LogP contribution in [-0.4, -0.2) is 48.2 Å².